The summed E-state index contributed by atoms with van der Waals surface area (Å²) >= 11 is 0. The summed E-state index contributed by atoms with van der Waals surface area (Å²) in [5.74, 6) is -0.712. The molecule has 4 rings (SSSR count). The molecule has 0 saturated carbocycles. The van der Waals surface area contributed by atoms with E-state index >= 15 is 4.39 Å². The highest BCUT2D eigenvalue weighted by molar-refractivity contribution is 5.92. The predicted molar refractivity (Wildman–Crippen MR) is 130 cm³/mol. The van der Waals surface area contributed by atoms with E-state index in [-0.39, 0.29) is 11.3 Å². The van der Waals surface area contributed by atoms with Crippen LogP contribution in [0.15, 0.2) is 91.4 Å². The van der Waals surface area contributed by atoms with Gasteiger partial charge in [-0.2, -0.15) is 0 Å². The Hall–Kier alpha value is -4.14. The molecule has 8 heteroatoms. The number of aryl methyl sites for hydroxylation is 1. The summed E-state index contributed by atoms with van der Waals surface area (Å²) in [4.78, 5) is 20.0. The Morgan fingerprint density at radius 1 is 0.941 bits per heavy atom. The standard InChI is InChI=1S/C26H25FN6O/c1-17-14-30-16-21(23(17)27)33(22-13-12-20(15-31-22)26(29)34)32-25(19-10-6-3-7-11-19)24(28)18-8-4-2-5-9-18/h2-16,24-25,32H,28H2,1H3,(H2,29,34)/t24-,25+/m1/s1. The minimum Gasteiger partial charge on any atom is -0.366 e. The van der Waals surface area contributed by atoms with Crippen molar-refractivity contribution in [3.63, 3.8) is 0 Å². The Morgan fingerprint density at radius 2 is 1.59 bits per heavy atom. The average Bonchev–Trinajstić information content (AvgIpc) is 2.87. The lowest BCUT2D eigenvalue weighted by molar-refractivity contribution is 0.1000. The monoisotopic (exact) mass is 456 g/mol. The molecule has 7 nitrogen and oxygen atoms in total. The molecule has 0 saturated heterocycles. The molecular weight excluding hydrogens is 431 g/mol. The lowest BCUT2D eigenvalue weighted by Crippen LogP contribution is -2.42. The maximum absolute atomic E-state index is 15.3. The van der Waals surface area contributed by atoms with Crippen LogP contribution in [-0.2, 0) is 0 Å². The van der Waals surface area contributed by atoms with Crippen molar-refractivity contribution in [2.24, 2.45) is 11.5 Å². The molecule has 0 bridgehead atoms. The Bertz CT molecular complexity index is 1250. The lowest BCUT2D eigenvalue weighted by atomic mass is 9.94. The largest absolute Gasteiger partial charge is 0.366 e. The van der Waals surface area contributed by atoms with Gasteiger partial charge in [-0.05, 0) is 30.2 Å². The number of primary amides is 1. The van der Waals surface area contributed by atoms with E-state index in [1.165, 1.54) is 29.7 Å². The molecule has 2 aromatic heterocycles. The zero-order valence-electron chi connectivity index (χ0n) is 18.6. The number of rotatable bonds is 8. The van der Waals surface area contributed by atoms with Crippen LogP contribution in [0.5, 0.6) is 0 Å². The van der Waals surface area contributed by atoms with Crippen molar-refractivity contribution >= 4 is 17.4 Å². The summed E-state index contributed by atoms with van der Waals surface area (Å²) < 4.78 is 15.3. The molecule has 0 aliphatic heterocycles. The highest BCUT2D eigenvalue weighted by Gasteiger charge is 2.27. The number of carbonyl (C=O) groups is 1. The number of nitrogens with two attached hydrogens (primary N) is 2. The minimum atomic E-state index is -0.602. The molecular formula is C26H25FN6O. The van der Waals surface area contributed by atoms with Gasteiger partial charge in [0.2, 0.25) is 5.91 Å². The van der Waals surface area contributed by atoms with E-state index < -0.39 is 23.8 Å². The third kappa shape index (κ3) is 4.93. The van der Waals surface area contributed by atoms with Gasteiger partial charge < -0.3 is 11.5 Å². The van der Waals surface area contributed by atoms with Gasteiger partial charge in [0.25, 0.3) is 0 Å². The van der Waals surface area contributed by atoms with Crippen molar-refractivity contribution in [2.75, 3.05) is 5.01 Å². The van der Waals surface area contributed by atoms with Crippen LogP contribution in [0.4, 0.5) is 15.9 Å². The zero-order chi connectivity index (χ0) is 24.1. The Morgan fingerprint density at radius 3 is 2.18 bits per heavy atom. The van der Waals surface area contributed by atoms with E-state index in [2.05, 4.69) is 15.4 Å². The van der Waals surface area contributed by atoms with Crippen LogP contribution in [0, 0.1) is 12.7 Å². The van der Waals surface area contributed by atoms with E-state index in [9.17, 15) is 4.79 Å². The fraction of sp³-hybridized carbons (Fsp3) is 0.115. The topological polar surface area (TPSA) is 110 Å². The number of benzene rings is 2. The van der Waals surface area contributed by atoms with Gasteiger partial charge in [0.05, 0.1) is 23.8 Å². The van der Waals surface area contributed by atoms with Gasteiger partial charge in [0, 0.05) is 18.0 Å². The quantitative estimate of drug-likeness (QED) is 0.344. The number of halogens is 1. The smallest absolute Gasteiger partial charge is 0.250 e. The molecule has 34 heavy (non-hydrogen) atoms. The van der Waals surface area contributed by atoms with Gasteiger partial charge in [-0.15, -0.1) is 0 Å². The number of aromatic nitrogens is 2. The lowest BCUT2D eigenvalue weighted by Gasteiger charge is -2.33. The van der Waals surface area contributed by atoms with Crippen molar-refractivity contribution in [1.82, 2.24) is 15.4 Å². The van der Waals surface area contributed by atoms with Crippen LogP contribution in [0.2, 0.25) is 0 Å². The second kappa shape index (κ2) is 10.2. The van der Waals surface area contributed by atoms with E-state index in [0.717, 1.165) is 11.1 Å². The van der Waals surface area contributed by atoms with Crippen LogP contribution < -0.4 is 21.9 Å². The minimum absolute atomic E-state index is 0.167. The van der Waals surface area contributed by atoms with Gasteiger partial charge in [-0.1, -0.05) is 60.7 Å². The SMILES string of the molecule is Cc1cncc(N(N[C@@H](c2ccccc2)[C@H](N)c2ccccc2)c2ccc(C(N)=O)cn2)c1F. The highest BCUT2D eigenvalue weighted by Crippen LogP contribution is 2.32. The van der Waals surface area contributed by atoms with Crippen molar-refractivity contribution in [3.8, 4) is 0 Å². The van der Waals surface area contributed by atoms with Crippen LogP contribution in [0.3, 0.4) is 0 Å². The first kappa shape index (κ1) is 23.0. The summed E-state index contributed by atoms with van der Waals surface area (Å²) in [5.41, 5.74) is 18.1. The molecule has 2 aromatic carbocycles. The average molecular weight is 457 g/mol. The molecule has 0 aliphatic carbocycles. The zero-order valence-corrected chi connectivity index (χ0v) is 18.6. The van der Waals surface area contributed by atoms with E-state index in [0.29, 0.717) is 11.4 Å². The molecule has 0 spiro atoms. The Labute approximate surface area is 197 Å². The first-order valence-electron chi connectivity index (χ1n) is 10.7. The summed E-state index contributed by atoms with van der Waals surface area (Å²) in [7, 11) is 0. The Balaban J connectivity index is 1.81. The van der Waals surface area contributed by atoms with Gasteiger partial charge >= 0.3 is 0 Å². The van der Waals surface area contributed by atoms with Crippen molar-refractivity contribution in [1.29, 1.82) is 0 Å². The number of hydrogen-bond donors (Lipinski definition) is 3. The highest BCUT2D eigenvalue weighted by atomic mass is 19.1. The van der Waals surface area contributed by atoms with Crippen LogP contribution in [0.1, 0.15) is 39.1 Å². The molecule has 0 fully saturated rings. The van der Waals surface area contributed by atoms with Gasteiger partial charge in [0.1, 0.15) is 11.5 Å². The molecule has 0 aliphatic rings. The summed E-state index contributed by atoms with van der Waals surface area (Å²) in [6.07, 6.45) is 4.21. The summed E-state index contributed by atoms with van der Waals surface area (Å²) in [5, 5.41) is 1.50. The molecule has 1 amide bonds. The van der Waals surface area contributed by atoms with Crippen molar-refractivity contribution in [2.45, 2.75) is 19.0 Å². The number of hydrazine groups is 1. The van der Waals surface area contributed by atoms with Crippen molar-refractivity contribution in [3.05, 3.63) is 119 Å². The third-order valence-corrected chi connectivity index (χ3v) is 5.51. The van der Waals surface area contributed by atoms with E-state index in [1.54, 1.807) is 13.0 Å². The fourth-order valence-electron chi connectivity index (χ4n) is 3.64. The molecule has 2 atom stereocenters. The van der Waals surface area contributed by atoms with Crippen LogP contribution >= 0.6 is 0 Å². The number of pyridine rings is 2. The molecule has 2 heterocycles. The molecule has 0 unspecified atom stereocenters. The molecule has 172 valence electrons. The van der Waals surface area contributed by atoms with Crippen LogP contribution in [-0.4, -0.2) is 15.9 Å². The van der Waals surface area contributed by atoms with Gasteiger partial charge in [-0.25, -0.2) is 14.8 Å². The second-order valence-electron chi connectivity index (χ2n) is 7.85. The van der Waals surface area contributed by atoms with Gasteiger partial charge in [-0.3, -0.25) is 14.8 Å². The number of carbonyl (C=O) groups excluding carboxylic acids is 1. The maximum Gasteiger partial charge on any atom is 0.250 e. The number of amides is 1. The third-order valence-electron chi connectivity index (χ3n) is 5.51. The van der Waals surface area contributed by atoms with Gasteiger partial charge in [0.15, 0.2) is 5.82 Å². The molecule has 0 radical (unpaired) electrons. The number of nitrogens with one attached hydrogen (secondary N) is 1. The summed E-state index contributed by atoms with van der Waals surface area (Å²) in [6, 6.07) is 21.5. The van der Waals surface area contributed by atoms with Crippen LogP contribution in [0.25, 0.3) is 0 Å². The molecule has 4 aromatic rings. The normalized spacial score (nSPS) is 12.7. The second-order valence-corrected chi connectivity index (χ2v) is 7.85. The number of hydrogen-bond acceptors (Lipinski definition) is 6. The first-order valence-corrected chi connectivity index (χ1v) is 10.7. The number of nitrogens with zero attached hydrogens (tertiary/aromatic N) is 3. The molecule has 5 N–H and O–H groups in total. The summed E-state index contributed by atoms with van der Waals surface area (Å²) in [6.45, 7) is 1.64. The van der Waals surface area contributed by atoms with E-state index in [4.69, 9.17) is 11.5 Å². The fourth-order valence-corrected chi connectivity index (χ4v) is 3.64. The van der Waals surface area contributed by atoms with E-state index in [1.807, 2.05) is 60.7 Å². The number of anilines is 2. The first-order chi connectivity index (χ1) is 16.5. The van der Waals surface area contributed by atoms with Crippen molar-refractivity contribution < 1.29 is 9.18 Å². The maximum atomic E-state index is 15.3. The Kier molecular flexibility index (Phi) is 6.91. The predicted octanol–water partition coefficient (Wildman–Crippen LogP) is 4.11.